The van der Waals surface area contributed by atoms with Gasteiger partial charge in [0.2, 0.25) is 0 Å². The number of anilines is 1. The number of aliphatic hydroxyl groups is 2. The Kier molecular flexibility index (Phi) is 9.07. The highest BCUT2D eigenvalue weighted by Crippen LogP contribution is 2.72. The summed E-state index contributed by atoms with van der Waals surface area (Å²) in [5, 5.41) is 24.5. The van der Waals surface area contributed by atoms with Gasteiger partial charge in [0.15, 0.2) is 0 Å². The highest BCUT2D eigenvalue weighted by atomic mass is 33.1. The van der Waals surface area contributed by atoms with Crippen molar-refractivity contribution >= 4 is 39.3 Å². The second kappa shape index (κ2) is 13.2. The Morgan fingerprint density at radius 1 is 1.14 bits per heavy atom. The van der Waals surface area contributed by atoms with Crippen LogP contribution in [-0.4, -0.2) is 45.1 Å². The molecule has 8 nitrogen and oxygen atoms in total. The van der Waals surface area contributed by atoms with Crippen molar-refractivity contribution < 1.29 is 29.3 Å². The van der Waals surface area contributed by atoms with Gasteiger partial charge in [-0.3, -0.25) is 0 Å². The fraction of sp³-hybridized carbons (Fsp3) is 0.615. The lowest BCUT2D eigenvalue weighted by atomic mass is 9.43. The van der Waals surface area contributed by atoms with Gasteiger partial charge in [0.25, 0.3) is 0 Å². The lowest BCUT2D eigenvalue weighted by Crippen LogP contribution is -2.53. The molecule has 5 aliphatic carbocycles. The van der Waals surface area contributed by atoms with Crippen LogP contribution in [0.4, 0.5) is 5.82 Å². The van der Waals surface area contributed by atoms with Crippen LogP contribution in [0.25, 0.3) is 0 Å². The number of pyridine rings is 1. The van der Waals surface area contributed by atoms with Crippen LogP contribution in [0.2, 0.25) is 0 Å². The number of cyclic esters (lactones) is 1. The fourth-order valence-corrected chi connectivity index (χ4v) is 12.7. The molecular weight excluding hydrogens is 657 g/mol. The molecule has 4 heterocycles. The normalized spacial score (nSPS) is 37.0. The molecule has 7 bridgehead atoms. The average molecular weight is 705 g/mol. The first-order valence-corrected chi connectivity index (χ1v) is 20.8. The molecule has 10 heteroatoms. The first-order chi connectivity index (χ1) is 23.8. The van der Waals surface area contributed by atoms with Crippen molar-refractivity contribution in [2.45, 2.75) is 102 Å². The zero-order valence-corrected chi connectivity index (χ0v) is 30.2. The predicted octanol–water partition coefficient (Wildman–Crippen LogP) is 7.93. The number of carbonyl (C=O) groups is 2. The highest BCUT2D eigenvalue weighted by molar-refractivity contribution is 8.76. The number of carbonyl (C=O) groups excluding carboxylic acids is 2. The Morgan fingerprint density at radius 2 is 1.98 bits per heavy atom. The molecule has 1 spiro atoms. The fourth-order valence-electron chi connectivity index (χ4n) is 10.6. The second-order valence-corrected chi connectivity index (χ2v) is 17.8. The molecule has 8 aliphatic rings. The van der Waals surface area contributed by atoms with E-state index in [4.69, 9.17) is 9.47 Å². The second-order valence-electron chi connectivity index (χ2n) is 15.3. The number of nitrogens with one attached hydrogen (secondary N) is 1. The van der Waals surface area contributed by atoms with Crippen molar-refractivity contribution in [2.75, 3.05) is 17.8 Å². The molecule has 49 heavy (non-hydrogen) atoms. The average Bonchev–Trinajstić information content (AvgIpc) is 3.80. The third kappa shape index (κ3) is 5.46. The van der Waals surface area contributed by atoms with Gasteiger partial charge in [-0.25, -0.2) is 14.6 Å². The van der Waals surface area contributed by atoms with Gasteiger partial charge in [-0.15, -0.1) is 0 Å². The molecule has 2 saturated carbocycles. The summed E-state index contributed by atoms with van der Waals surface area (Å²) in [5.41, 5.74) is 3.45. The summed E-state index contributed by atoms with van der Waals surface area (Å²) in [5.74, 6) is 2.08. The van der Waals surface area contributed by atoms with Crippen LogP contribution in [-0.2, 0) is 19.1 Å². The Labute approximate surface area is 297 Å². The number of aromatic nitrogens is 1. The van der Waals surface area contributed by atoms with E-state index in [9.17, 15) is 19.8 Å². The molecule has 7 atom stereocenters. The number of hydrogen-bond donors (Lipinski definition) is 3. The maximum absolute atomic E-state index is 14.4. The van der Waals surface area contributed by atoms with E-state index in [0.717, 1.165) is 84.4 Å². The summed E-state index contributed by atoms with van der Waals surface area (Å²) in [4.78, 5) is 33.2. The van der Waals surface area contributed by atoms with E-state index >= 15 is 0 Å². The summed E-state index contributed by atoms with van der Waals surface area (Å²) < 4.78 is 12.6. The summed E-state index contributed by atoms with van der Waals surface area (Å²) in [7, 11) is 2.98. The van der Waals surface area contributed by atoms with Crippen LogP contribution in [0, 0.1) is 34.5 Å². The number of fused-ring (bicyclic) bond motifs is 3. The monoisotopic (exact) mass is 704 g/mol. The van der Waals surface area contributed by atoms with Crippen LogP contribution in [0.5, 0.6) is 0 Å². The van der Waals surface area contributed by atoms with Gasteiger partial charge < -0.3 is 25.0 Å². The zero-order valence-electron chi connectivity index (χ0n) is 28.5. The smallest absolute Gasteiger partial charge is 0.340 e. The molecule has 262 valence electrons. The van der Waals surface area contributed by atoms with Crippen molar-refractivity contribution in [1.82, 2.24) is 4.98 Å². The van der Waals surface area contributed by atoms with E-state index in [1.165, 1.54) is 23.6 Å². The molecule has 0 amide bonds. The number of rotatable bonds is 5. The van der Waals surface area contributed by atoms with E-state index in [1.807, 2.05) is 19.2 Å². The van der Waals surface area contributed by atoms with Crippen LogP contribution in [0.1, 0.15) is 102 Å². The number of nitrogens with zero attached hydrogens (tertiary/aromatic N) is 1. The molecule has 3 fully saturated rings. The van der Waals surface area contributed by atoms with Gasteiger partial charge in [-0.2, -0.15) is 0 Å². The van der Waals surface area contributed by atoms with Gasteiger partial charge in [0.05, 0.1) is 16.9 Å². The minimum atomic E-state index is -0.772. The molecule has 1 aromatic heterocycles. The molecule has 0 unspecified atom stereocenters. The summed E-state index contributed by atoms with van der Waals surface area (Å²) in [6, 6.07) is 4.12. The molecule has 1 saturated heterocycles. The van der Waals surface area contributed by atoms with E-state index in [1.54, 1.807) is 10.8 Å². The predicted molar refractivity (Wildman–Crippen MR) is 192 cm³/mol. The van der Waals surface area contributed by atoms with Gasteiger partial charge in [0, 0.05) is 35.8 Å². The van der Waals surface area contributed by atoms with Crippen LogP contribution in [0.3, 0.4) is 0 Å². The number of allylic oxidation sites excluding steroid dienone is 5. The molecule has 9 rings (SSSR count). The zero-order chi connectivity index (χ0) is 33.9. The Balaban J connectivity index is 1.33. The first kappa shape index (κ1) is 33.6. The Bertz CT molecular complexity index is 1660. The molecular formula is C39H48N2O6S2. The van der Waals surface area contributed by atoms with E-state index < -0.39 is 10.9 Å². The molecule has 1 aromatic rings. The lowest BCUT2D eigenvalue weighted by Gasteiger charge is -2.57. The van der Waals surface area contributed by atoms with Crippen molar-refractivity contribution in [1.29, 1.82) is 0 Å². The first-order valence-electron chi connectivity index (χ1n) is 18.4. The largest absolute Gasteiger partial charge is 0.427 e. The van der Waals surface area contributed by atoms with Crippen LogP contribution >= 0.6 is 21.6 Å². The van der Waals surface area contributed by atoms with Gasteiger partial charge in [-0.05, 0) is 123 Å². The molecule has 3 aliphatic heterocycles. The van der Waals surface area contributed by atoms with Crippen molar-refractivity contribution in [3.8, 4) is 0 Å². The van der Waals surface area contributed by atoms with Crippen molar-refractivity contribution in [2.24, 2.45) is 34.5 Å². The third-order valence-electron chi connectivity index (χ3n) is 13.0. The summed E-state index contributed by atoms with van der Waals surface area (Å²) in [6.45, 7) is 4.34. The Morgan fingerprint density at radius 3 is 2.78 bits per heavy atom. The van der Waals surface area contributed by atoms with E-state index in [-0.39, 0.29) is 53.6 Å². The Hall–Kier alpha value is -2.53. The van der Waals surface area contributed by atoms with Gasteiger partial charge in [-0.1, -0.05) is 48.3 Å². The maximum Gasteiger partial charge on any atom is 0.340 e. The quantitative estimate of drug-likeness (QED) is 0.206. The number of ether oxygens (including phenoxy) is 2. The number of esters is 2. The molecule has 0 aromatic carbocycles. The number of aliphatic hydroxyl groups excluding tert-OH is 2. The molecule has 0 radical (unpaired) electrons. The van der Waals surface area contributed by atoms with Crippen LogP contribution < -0.4 is 5.32 Å². The SMILES string of the molecule is CCC1(/C=C2\OC(=O)C3=C2CC[C@H]2[C@@H]4CC[C@@]5(C6=C4[C@@H](CCCO)c4ccnc(c4)NCSS[C@@H](O)[C@H](C)C/C=C/5OC6=O)[C@@H]32)CCCC1. The minimum absolute atomic E-state index is 0.0668. The lowest BCUT2D eigenvalue weighted by molar-refractivity contribution is -0.135. The standard InChI is InChI=1S/C39H48N2O6S2/c1-3-38(14-4-5-15-38)20-28-27-10-9-26-25-12-16-39(33(26)32(27)35(43)46-28)29-11-8-22(2)37(45)49-48-21-41-30-19-23(13-17-40-30)24(7-6-18-42)31(25)34(39)36(44)47-29/h11,13,17,19-20,22,24-26,33,37,42,45H,3-10,12,14-16,18,21H2,1-2H3,(H,40,41)/b28-20-,29-11-/t22-,24+,25+,26+,33-,37-,39+/m1/s1. The molecule has 3 N–H and O–H groups in total. The third-order valence-corrected chi connectivity index (χ3v) is 15.4. The van der Waals surface area contributed by atoms with Crippen molar-refractivity contribution in [3.63, 3.8) is 0 Å². The van der Waals surface area contributed by atoms with E-state index in [0.29, 0.717) is 30.9 Å². The summed E-state index contributed by atoms with van der Waals surface area (Å²) >= 11 is 0. The van der Waals surface area contributed by atoms with Crippen LogP contribution in [0.15, 0.2) is 64.3 Å². The summed E-state index contributed by atoms with van der Waals surface area (Å²) in [6.07, 6.45) is 17.0. The minimum Gasteiger partial charge on any atom is -0.427 e. The van der Waals surface area contributed by atoms with Gasteiger partial charge in [0.1, 0.15) is 22.8 Å². The maximum atomic E-state index is 14.4. The number of hydrogen-bond acceptors (Lipinski definition) is 10. The van der Waals surface area contributed by atoms with Crippen molar-refractivity contribution in [3.05, 3.63) is 69.9 Å². The van der Waals surface area contributed by atoms with Gasteiger partial charge >= 0.3 is 11.9 Å². The van der Waals surface area contributed by atoms with E-state index in [2.05, 4.69) is 35.4 Å². The highest BCUT2D eigenvalue weighted by Gasteiger charge is 2.68. The topological polar surface area (TPSA) is 118 Å².